The van der Waals surface area contributed by atoms with Gasteiger partial charge in [-0.3, -0.25) is 19.6 Å². The number of likely N-dealkylation sites (tertiary alicyclic amines) is 4. The summed E-state index contributed by atoms with van der Waals surface area (Å²) < 4.78 is 0. The van der Waals surface area contributed by atoms with Crippen LogP contribution in [-0.4, -0.2) is 336 Å². The van der Waals surface area contributed by atoms with Crippen molar-refractivity contribution in [2.75, 3.05) is 92.4 Å². The van der Waals surface area contributed by atoms with E-state index in [0.29, 0.717) is 32.7 Å². The van der Waals surface area contributed by atoms with Crippen molar-refractivity contribution in [3.05, 3.63) is 0 Å². The summed E-state index contributed by atoms with van der Waals surface area (Å²) in [6.07, 6.45) is -13.0. The van der Waals surface area contributed by atoms with Crippen LogP contribution in [0, 0.1) is 0 Å². The van der Waals surface area contributed by atoms with E-state index in [1.165, 1.54) is 0 Å². The van der Waals surface area contributed by atoms with Crippen molar-refractivity contribution in [1.29, 1.82) is 0 Å². The van der Waals surface area contributed by atoms with E-state index in [-0.39, 0.29) is 46.1 Å². The Balaban J connectivity index is 0.000000408. The third-order valence-electron chi connectivity index (χ3n) is 12.7. The lowest BCUT2D eigenvalue weighted by Crippen LogP contribution is -2.62. The molecular weight excluding hydrogens is 870 g/mol. The number of nitrogens with one attached hydrogen (secondary N) is 1. The van der Waals surface area contributed by atoms with Crippen LogP contribution in [0.4, 0.5) is 0 Å². The number of unbranched alkanes of at least 4 members (excludes halogenated alkanes) is 1. The van der Waals surface area contributed by atoms with Crippen LogP contribution in [0.15, 0.2) is 0 Å². The summed E-state index contributed by atoms with van der Waals surface area (Å²) in [5.74, 6) is 0. The molecule has 5 aliphatic rings. The lowest BCUT2D eigenvalue weighted by atomic mass is 9.94. The van der Waals surface area contributed by atoms with Crippen molar-refractivity contribution in [2.45, 2.75) is 162 Å². The molecule has 0 bridgehead atoms. The molecule has 5 rings (SSSR count). The average Bonchev–Trinajstić information content (AvgIpc) is 3.28. The molecule has 10 unspecified atom stereocenters. The Labute approximate surface area is 380 Å². The maximum atomic E-state index is 9.67. The van der Waals surface area contributed by atoms with Crippen molar-refractivity contribution in [3.8, 4) is 0 Å². The molecule has 25 nitrogen and oxygen atoms in total. The zero-order valence-electron chi connectivity index (χ0n) is 38.1. The number of likely N-dealkylation sites (N-methyl/N-ethyl adjacent to an activating group) is 2. The molecule has 0 radical (unpaired) electrons. The normalized spacial score (nSPS) is 41.9. The van der Waals surface area contributed by atoms with E-state index < -0.39 is 122 Å². The summed E-state index contributed by atoms with van der Waals surface area (Å²) in [7, 11) is 1.68. The summed E-state index contributed by atoms with van der Waals surface area (Å²) in [6.45, 7) is 8.26. The van der Waals surface area contributed by atoms with Gasteiger partial charge in [0.2, 0.25) is 0 Å². The van der Waals surface area contributed by atoms with Gasteiger partial charge in [-0.1, -0.05) is 27.2 Å². The molecule has 0 aromatic heterocycles. The maximum absolute atomic E-state index is 9.67. The molecule has 390 valence electrons. The topological polar surface area (TPSA) is 430 Å². The van der Waals surface area contributed by atoms with E-state index in [1.54, 1.807) is 16.8 Å². The first-order chi connectivity index (χ1) is 30.6. The van der Waals surface area contributed by atoms with Crippen molar-refractivity contribution in [2.24, 2.45) is 0 Å². The fourth-order valence-electron chi connectivity index (χ4n) is 8.31. The molecule has 5 fully saturated rings. The molecule has 21 N–H and O–H groups in total. The van der Waals surface area contributed by atoms with E-state index in [2.05, 4.69) is 12.2 Å². The first-order valence-electron chi connectivity index (χ1n) is 22.5. The Morgan fingerprint density at radius 1 is 0.385 bits per heavy atom. The molecule has 25 heteroatoms. The fraction of sp³-hybridized carbons (Fsp3) is 1.00. The Bertz CT molecular complexity index is 1230. The number of rotatable bonds is 11. The van der Waals surface area contributed by atoms with Gasteiger partial charge >= 0.3 is 0 Å². The van der Waals surface area contributed by atoms with Crippen LogP contribution in [-0.2, 0) is 0 Å². The monoisotopic (exact) mass is 956 g/mol. The average molecular weight is 956 g/mol. The highest BCUT2D eigenvalue weighted by Gasteiger charge is 2.43. The molecule has 0 aromatic rings. The van der Waals surface area contributed by atoms with Crippen LogP contribution >= 0.6 is 0 Å². The van der Waals surface area contributed by atoms with Gasteiger partial charge in [0, 0.05) is 32.7 Å². The van der Waals surface area contributed by atoms with Gasteiger partial charge in [-0.25, -0.2) is 0 Å². The minimum atomic E-state index is -1.16. The third-order valence-corrected chi connectivity index (χ3v) is 12.7. The molecule has 20 atom stereocenters. The third kappa shape index (κ3) is 17.7. The van der Waals surface area contributed by atoms with E-state index in [4.69, 9.17) is 35.7 Å². The van der Waals surface area contributed by atoms with E-state index >= 15 is 0 Å². The van der Waals surface area contributed by atoms with E-state index in [9.17, 15) is 66.4 Å². The summed E-state index contributed by atoms with van der Waals surface area (Å²) >= 11 is 0. The fourth-order valence-corrected chi connectivity index (χ4v) is 8.31. The number of hydrogen-bond acceptors (Lipinski definition) is 25. The standard InChI is InChI=1S/C10H21NO4.C9H19NO4.C8H17NO4.C7H15NO4.C6H13NO4/c1-2-3-4-11-5-8(13)10(15)9(14)7(11)6-12;1-2-3-10-4-7(12)9(14)8(13)6(10)5-11;1-2-9-3-6(11)8(13)7(12)5(9)4-10;1-8-2-5(10)7(12)6(11)4(8)3-9;8-2-3-5(10)6(11)4(9)1-7-3/h7-10,12-15H,2-6H2,1H3;6-9,11-14H,2-5H2,1H3;5-8,10-13H,2-4H2,1H3;4-7,9-12H,2-3H2,1H3;3-11H,1-2H2/t7?,8?,9-,10-;6?,7?,8-,9-;5?,6?,7-,8-;4?,5?,6-,7-;3?,4?,5-,6-/m00000/s1. The van der Waals surface area contributed by atoms with Crippen molar-refractivity contribution in [3.63, 3.8) is 0 Å². The van der Waals surface area contributed by atoms with Crippen LogP contribution in [0.3, 0.4) is 0 Å². The second-order valence-corrected chi connectivity index (χ2v) is 17.3. The number of piperidine rings is 5. The highest BCUT2D eigenvalue weighted by atomic mass is 16.4. The Morgan fingerprint density at radius 3 is 1.11 bits per heavy atom. The number of aliphatic hydroxyl groups is 20. The Hall–Kier alpha value is -1.00. The van der Waals surface area contributed by atoms with Gasteiger partial charge in [0.1, 0.15) is 54.9 Å². The highest BCUT2D eigenvalue weighted by molar-refractivity contribution is 4.97. The Morgan fingerprint density at radius 2 is 0.738 bits per heavy atom. The van der Waals surface area contributed by atoms with Crippen LogP contribution in [0.5, 0.6) is 0 Å². The van der Waals surface area contributed by atoms with E-state index in [0.717, 1.165) is 25.8 Å². The lowest BCUT2D eigenvalue weighted by molar-refractivity contribution is -0.145. The zero-order valence-corrected chi connectivity index (χ0v) is 38.1. The molecule has 5 aliphatic heterocycles. The van der Waals surface area contributed by atoms with Crippen LogP contribution in [0.1, 0.15) is 40.0 Å². The van der Waals surface area contributed by atoms with Crippen LogP contribution in [0.2, 0.25) is 0 Å². The minimum Gasteiger partial charge on any atom is -0.395 e. The molecule has 0 aliphatic carbocycles. The molecule has 0 spiro atoms. The highest BCUT2D eigenvalue weighted by Crippen LogP contribution is 2.21. The molecule has 5 heterocycles. The van der Waals surface area contributed by atoms with Gasteiger partial charge in [-0.2, -0.15) is 0 Å². The Kier molecular flexibility index (Phi) is 29.8. The molecule has 0 amide bonds. The van der Waals surface area contributed by atoms with Gasteiger partial charge in [0.15, 0.2) is 0 Å². The van der Waals surface area contributed by atoms with Crippen molar-refractivity contribution >= 4 is 0 Å². The first kappa shape index (κ1) is 62.0. The van der Waals surface area contributed by atoms with Gasteiger partial charge in [0.25, 0.3) is 0 Å². The number of aliphatic hydroxyl groups excluding tert-OH is 20. The summed E-state index contributed by atoms with van der Waals surface area (Å²) in [4.78, 5) is 7.03. The van der Waals surface area contributed by atoms with Crippen molar-refractivity contribution < 1.29 is 102 Å². The van der Waals surface area contributed by atoms with Crippen molar-refractivity contribution in [1.82, 2.24) is 24.9 Å². The predicted molar refractivity (Wildman–Crippen MR) is 231 cm³/mol. The second-order valence-electron chi connectivity index (χ2n) is 17.3. The van der Waals surface area contributed by atoms with Crippen LogP contribution < -0.4 is 5.32 Å². The second kappa shape index (κ2) is 31.3. The number of β-amino-alcohol motifs (C(OH)–C–C–N with tert-alkyl or cyclic N) is 5. The minimum absolute atomic E-state index is 0.198. The molecule has 0 aromatic carbocycles. The van der Waals surface area contributed by atoms with E-state index in [1.807, 2.05) is 23.6 Å². The molecule has 65 heavy (non-hydrogen) atoms. The van der Waals surface area contributed by atoms with Crippen LogP contribution in [0.25, 0.3) is 0 Å². The quantitative estimate of drug-likeness (QED) is 0.0914. The number of nitrogens with zero attached hydrogens (tertiary/aromatic N) is 4. The summed E-state index contributed by atoms with van der Waals surface area (Å²) in [6, 6.07) is -2.41. The van der Waals surface area contributed by atoms with Gasteiger partial charge in [0.05, 0.1) is 99.9 Å². The lowest BCUT2D eigenvalue weighted by Gasteiger charge is -2.43. The van der Waals surface area contributed by atoms with Gasteiger partial charge < -0.3 is 107 Å². The maximum Gasteiger partial charge on any atom is 0.109 e. The van der Waals surface area contributed by atoms with Gasteiger partial charge in [-0.05, 0) is 39.5 Å². The summed E-state index contributed by atoms with van der Waals surface area (Å²) in [5, 5.41) is 188. The van der Waals surface area contributed by atoms with Gasteiger partial charge in [-0.15, -0.1) is 0 Å². The number of hydrogen-bond donors (Lipinski definition) is 21. The molecule has 0 saturated carbocycles. The summed E-state index contributed by atoms with van der Waals surface area (Å²) in [5.41, 5.74) is 0. The molecule has 5 saturated heterocycles. The predicted octanol–water partition coefficient (Wildman–Crippen LogP) is -11.1. The smallest absolute Gasteiger partial charge is 0.109 e. The molecular formula is C40H85N5O20. The first-order valence-corrected chi connectivity index (χ1v) is 22.5. The largest absolute Gasteiger partial charge is 0.395 e. The zero-order chi connectivity index (χ0) is 49.9. The SMILES string of the molecule is CCCCN1CC(O)[C@H](O)[C@@H](O)C1CO.CCCN1CC(O)[C@H](O)[C@@H](O)C1CO.CCN1CC(O)[C@H](O)[C@@H](O)C1CO.CN1CC(O)[C@H](O)[C@@H](O)C1CO.OCC1NCC(O)[C@H](O)[C@H]1O.